The van der Waals surface area contributed by atoms with Crippen LogP contribution in [0.15, 0.2) is 18.2 Å². The molecule has 0 bridgehead atoms. The third kappa shape index (κ3) is 3.77. The van der Waals surface area contributed by atoms with Crippen LogP contribution in [0, 0.1) is 5.82 Å². The first-order valence-electron chi connectivity index (χ1n) is 7.18. The number of hydrogen-bond acceptors (Lipinski definition) is 3. The Labute approximate surface area is 134 Å². The summed E-state index contributed by atoms with van der Waals surface area (Å²) in [6, 6.07) is 3.25. The molecule has 1 aromatic carbocycles. The molecule has 2 rings (SSSR count). The molecule has 0 aliphatic carbocycles. The summed E-state index contributed by atoms with van der Waals surface area (Å²) in [5.74, 6) is -0.820. The monoisotopic (exact) mass is 327 g/mol. The van der Waals surface area contributed by atoms with Crippen molar-refractivity contribution in [3.8, 4) is 0 Å². The summed E-state index contributed by atoms with van der Waals surface area (Å²) in [5, 5.41) is -0.104. The van der Waals surface area contributed by atoms with Gasteiger partial charge in [-0.1, -0.05) is 11.6 Å². The number of Topliss-reactive ketones (excluding diaryl/α,β-unsaturated/α-hetero) is 1. The normalized spacial score (nSPS) is 18.4. The van der Waals surface area contributed by atoms with Crippen LogP contribution in [-0.4, -0.2) is 35.0 Å². The van der Waals surface area contributed by atoms with Crippen LogP contribution in [0.1, 0.15) is 44.0 Å². The largest absolute Gasteiger partial charge is 0.444 e. The van der Waals surface area contributed by atoms with Gasteiger partial charge in [-0.25, -0.2) is 9.18 Å². The average Bonchev–Trinajstić information content (AvgIpc) is 2.88. The molecule has 4 nitrogen and oxygen atoms in total. The van der Waals surface area contributed by atoms with E-state index in [4.69, 9.17) is 16.3 Å². The van der Waals surface area contributed by atoms with E-state index < -0.39 is 23.6 Å². The first kappa shape index (κ1) is 16.7. The minimum atomic E-state index is -0.619. The van der Waals surface area contributed by atoms with Crippen LogP contribution < -0.4 is 0 Å². The number of ketones is 1. The van der Waals surface area contributed by atoms with Crippen molar-refractivity contribution in [2.75, 3.05) is 6.54 Å². The summed E-state index contributed by atoms with van der Waals surface area (Å²) in [5.41, 5.74) is -0.321. The number of ether oxygens (including phenoxy) is 1. The Morgan fingerprint density at radius 1 is 1.36 bits per heavy atom. The average molecular weight is 328 g/mol. The van der Waals surface area contributed by atoms with E-state index in [9.17, 15) is 14.0 Å². The number of amides is 1. The van der Waals surface area contributed by atoms with Gasteiger partial charge in [-0.3, -0.25) is 9.69 Å². The summed E-state index contributed by atoms with van der Waals surface area (Å²) in [6.07, 6.45) is 0.786. The molecule has 1 amide bonds. The van der Waals surface area contributed by atoms with Crippen LogP contribution in [0.2, 0.25) is 5.02 Å². The summed E-state index contributed by atoms with van der Waals surface area (Å²) in [7, 11) is 0. The van der Waals surface area contributed by atoms with Crippen LogP contribution in [0.3, 0.4) is 0 Å². The molecule has 1 fully saturated rings. The standard InChI is InChI=1S/C16H19ClFNO3/c1-16(2,3)22-15(21)19-8-4-5-13(19)14(20)10-6-7-12(18)11(17)9-10/h6-7,9,13H,4-5,8H2,1-3H3/t13-/m0/s1. The fourth-order valence-corrected chi connectivity index (χ4v) is 2.60. The van der Waals surface area contributed by atoms with Crippen molar-refractivity contribution in [3.63, 3.8) is 0 Å². The maximum atomic E-state index is 13.2. The second-order valence-electron chi connectivity index (χ2n) is 6.32. The third-order valence-corrected chi connectivity index (χ3v) is 3.68. The Morgan fingerprint density at radius 3 is 2.64 bits per heavy atom. The fraction of sp³-hybridized carbons (Fsp3) is 0.500. The molecule has 0 N–H and O–H groups in total. The van der Waals surface area contributed by atoms with Crippen LogP contribution >= 0.6 is 11.6 Å². The van der Waals surface area contributed by atoms with E-state index in [0.717, 1.165) is 12.5 Å². The van der Waals surface area contributed by atoms with Gasteiger partial charge in [0.15, 0.2) is 5.78 Å². The van der Waals surface area contributed by atoms with Crippen molar-refractivity contribution in [2.45, 2.75) is 45.3 Å². The van der Waals surface area contributed by atoms with Crippen LogP contribution in [0.25, 0.3) is 0 Å². The molecule has 120 valence electrons. The first-order valence-corrected chi connectivity index (χ1v) is 7.56. The van der Waals surface area contributed by atoms with Gasteiger partial charge in [0.1, 0.15) is 11.4 Å². The van der Waals surface area contributed by atoms with Crippen LogP contribution in [0.4, 0.5) is 9.18 Å². The molecule has 1 saturated heterocycles. The molecule has 6 heteroatoms. The fourth-order valence-electron chi connectivity index (χ4n) is 2.42. The number of carbonyl (C=O) groups excluding carboxylic acids is 2. The molecular formula is C16H19ClFNO3. The molecular weight excluding hydrogens is 309 g/mol. The highest BCUT2D eigenvalue weighted by molar-refractivity contribution is 6.31. The van der Waals surface area contributed by atoms with Crippen LogP contribution in [0.5, 0.6) is 0 Å². The number of halogens is 2. The maximum Gasteiger partial charge on any atom is 0.410 e. The minimum absolute atomic E-state index is 0.104. The van der Waals surface area contributed by atoms with Gasteiger partial charge in [-0.15, -0.1) is 0 Å². The molecule has 0 spiro atoms. The molecule has 1 aliphatic heterocycles. The van der Waals surface area contributed by atoms with Gasteiger partial charge >= 0.3 is 6.09 Å². The highest BCUT2D eigenvalue weighted by Gasteiger charge is 2.37. The summed E-state index contributed by atoms with van der Waals surface area (Å²) in [4.78, 5) is 26.2. The molecule has 22 heavy (non-hydrogen) atoms. The second-order valence-corrected chi connectivity index (χ2v) is 6.73. The molecule has 1 aromatic rings. The van der Waals surface area contributed by atoms with E-state index in [1.807, 2.05) is 0 Å². The number of rotatable bonds is 2. The maximum absolute atomic E-state index is 13.2. The second kappa shape index (κ2) is 6.24. The van der Waals surface area contributed by atoms with Gasteiger partial charge in [-0.05, 0) is 51.8 Å². The Kier molecular flexibility index (Phi) is 4.75. The van der Waals surface area contributed by atoms with E-state index in [0.29, 0.717) is 18.5 Å². The number of nitrogens with zero attached hydrogens (tertiary/aromatic N) is 1. The molecule has 0 saturated carbocycles. The van der Waals surface area contributed by atoms with Crippen molar-refractivity contribution in [2.24, 2.45) is 0 Å². The van der Waals surface area contributed by atoms with Crippen molar-refractivity contribution >= 4 is 23.5 Å². The SMILES string of the molecule is CC(C)(C)OC(=O)N1CCC[C@H]1C(=O)c1ccc(F)c(Cl)c1. The van der Waals surface area contributed by atoms with Crippen molar-refractivity contribution in [1.29, 1.82) is 0 Å². The zero-order chi connectivity index (χ0) is 16.5. The topological polar surface area (TPSA) is 46.6 Å². The summed E-state index contributed by atoms with van der Waals surface area (Å²) < 4.78 is 18.5. The third-order valence-electron chi connectivity index (χ3n) is 3.39. The number of hydrogen-bond donors (Lipinski definition) is 0. The molecule has 0 unspecified atom stereocenters. The predicted octanol–water partition coefficient (Wildman–Crippen LogP) is 4.06. The molecule has 1 heterocycles. The Bertz CT molecular complexity index is 598. The van der Waals surface area contributed by atoms with Gasteiger partial charge in [0.25, 0.3) is 0 Å². The Morgan fingerprint density at radius 2 is 2.05 bits per heavy atom. The highest BCUT2D eigenvalue weighted by atomic mass is 35.5. The Balaban J connectivity index is 2.17. The van der Waals surface area contributed by atoms with Gasteiger partial charge in [0, 0.05) is 12.1 Å². The smallest absolute Gasteiger partial charge is 0.410 e. The number of benzene rings is 1. The lowest BCUT2D eigenvalue weighted by molar-refractivity contribution is 0.0222. The van der Waals surface area contributed by atoms with Gasteiger partial charge in [0.05, 0.1) is 11.1 Å². The highest BCUT2D eigenvalue weighted by Crippen LogP contribution is 2.25. The summed E-state index contributed by atoms with van der Waals surface area (Å²) >= 11 is 5.72. The molecule has 0 aromatic heterocycles. The van der Waals surface area contributed by atoms with E-state index in [1.165, 1.54) is 17.0 Å². The summed E-state index contributed by atoms with van der Waals surface area (Å²) in [6.45, 7) is 5.80. The lowest BCUT2D eigenvalue weighted by Crippen LogP contribution is -2.43. The van der Waals surface area contributed by atoms with Crippen molar-refractivity contribution in [1.82, 2.24) is 4.90 Å². The molecule has 1 atom stereocenters. The predicted molar refractivity (Wildman–Crippen MR) is 81.7 cm³/mol. The lowest BCUT2D eigenvalue weighted by atomic mass is 10.0. The van der Waals surface area contributed by atoms with E-state index in [2.05, 4.69) is 0 Å². The lowest BCUT2D eigenvalue weighted by Gasteiger charge is -2.28. The molecule has 0 radical (unpaired) electrons. The van der Waals surface area contributed by atoms with Crippen molar-refractivity contribution < 1.29 is 18.7 Å². The molecule has 1 aliphatic rings. The van der Waals surface area contributed by atoms with Gasteiger partial charge in [0.2, 0.25) is 0 Å². The van der Waals surface area contributed by atoms with Crippen LogP contribution in [-0.2, 0) is 4.74 Å². The van der Waals surface area contributed by atoms with E-state index in [1.54, 1.807) is 20.8 Å². The van der Waals surface area contributed by atoms with Crippen molar-refractivity contribution in [3.05, 3.63) is 34.6 Å². The number of likely N-dealkylation sites (tertiary alicyclic amines) is 1. The quantitative estimate of drug-likeness (QED) is 0.769. The first-order chi connectivity index (χ1) is 10.2. The minimum Gasteiger partial charge on any atom is -0.444 e. The van der Waals surface area contributed by atoms with Gasteiger partial charge in [-0.2, -0.15) is 0 Å². The van der Waals surface area contributed by atoms with Gasteiger partial charge < -0.3 is 4.74 Å². The Hall–Kier alpha value is -1.62. The van der Waals surface area contributed by atoms with E-state index in [-0.39, 0.29) is 10.8 Å². The zero-order valence-corrected chi connectivity index (χ0v) is 13.6. The van der Waals surface area contributed by atoms with E-state index >= 15 is 0 Å². The zero-order valence-electron chi connectivity index (χ0n) is 12.9. The number of carbonyl (C=O) groups is 2.